The van der Waals surface area contributed by atoms with Crippen LogP contribution in [0, 0.1) is 11.6 Å². The van der Waals surface area contributed by atoms with Gasteiger partial charge in [0.2, 0.25) is 0 Å². The van der Waals surface area contributed by atoms with Gasteiger partial charge in [0.25, 0.3) is 0 Å². The lowest BCUT2D eigenvalue weighted by atomic mass is 10.0. The summed E-state index contributed by atoms with van der Waals surface area (Å²) in [5.41, 5.74) is 9.95. The lowest BCUT2D eigenvalue weighted by Gasteiger charge is -2.26. The maximum absolute atomic E-state index is 14.1. The number of hydrogen-bond donors (Lipinski definition) is 3. The smallest absolute Gasteiger partial charge is 0.166 e. The van der Waals surface area contributed by atoms with Gasteiger partial charge in [-0.05, 0) is 41.5 Å². The molecule has 34 heavy (non-hydrogen) atoms. The number of aromatic amines is 1. The molecule has 0 spiro atoms. The molecule has 0 amide bonds. The summed E-state index contributed by atoms with van der Waals surface area (Å²) in [6.45, 7) is 4.63. The molecule has 176 valence electrons. The second-order valence-electron chi connectivity index (χ2n) is 8.32. The third-order valence-corrected chi connectivity index (χ3v) is 6.51. The minimum Gasteiger partial charge on any atom is -0.485 e. The van der Waals surface area contributed by atoms with E-state index >= 15 is 0 Å². The highest BCUT2D eigenvalue weighted by Crippen LogP contribution is 2.32. The predicted octanol–water partition coefficient (Wildman–Crippen LogP) is 4.73. The van der Waals surface area contributed by atoms with Crippen LogP contribution in [0.4, 0.5) is 14.6 Å². The lowest BCUT2D eigenvalue weighted by Crippen LogP contribution is -2.42. The molecule has 2 aromatic carbocycles. The van der Waals surface area contributed by atoms with Gasteiger partial charge in [0.05, 0.1) is 5.02 Å². The van der Waals surface area contributed by atoms with Gasteiger partial charge >= 0.3 is 0 Å². The average molecular weight is 484 g/mol. The highest BCUT2D eigenvalue weighted by Gasteiger charge is 2.16. The molecule has 9 heteroatoms. The molecule has 4 N–H and O–H groups in total. The highest BCUT2D eigenvalue weighted by atomic mass is 35.5. The Balaban J connectivity index is 1.41. The maximum Gasteiger partial charge on any atom is 0.166 e. The summed E-state index contributed by atoms with van der Waals surface area (Å²) in [5.74, 6) is -0.937. The number of fused-ring (bicyclic) bond motifs is 1. The normalized spacial score (nSPS) is 14.6. The molecule has 0 aliphatic carbocycles. The Hall–Kier alpha value is -3.20. The van der Waals surface area contributed by atoms with Crippen molar-refractivity contribution in [2.75, 3.05) is 31.9 Å². The van der Waals surface area contributed by atoms with Crippen LogP contribution in [0.15, 0.2) is 48.8 Å². The fourth-order valence-corrected chi connectivity index (χ4v) is 4.39. The van der Waals surface area contributed by atoms with E-state index in [1.807, 2.05) is 12.1 Å². The molecular formula is C25H24ClF2N5O. The lowest BCUT2D eigenvalue weighted by molar-refractivity contribution is 0.234. The number of anilines is 1. The Morgan fingerprint density at radius 2 is 1.85 bits per heavy atom. The zero-order valence-electron chi connectivity index (χ0n) is 18.4. The van der Waals surface area contributed by atoms with Gasteiger partial charge in [-0.3, -0.25) is 4.90 Å². The molecule has 6 nitrogen and oxygen atoms in total. The van der Waals surface area contributed by atoms with Crippen LogP contribution in [0.3, 0.4) is 0 Å². The number of nitrogens with two attached hydrogens (primary N) is 1. The number of aromatic nitrogens is 2. The van der Waals surface area contributed by atoms with E-state index < -0.39 is 11.6 Å². The Bertz CT molecular complexity index is 1340. The summed E-state index contributed by atoms with van der Waals surface area (Å²) >= 11 is 5.91. The molecule has 0 radical (unpaired) electrons. The van der Waals surface area contributed by atoms with E-state index in [4.69, 9.17) is 22.1 Å². The zero-order valence-corrected chi connectivity index (χ0v) is 19.1. The Morgan fingerprint density at radius 3 is 2.68 bits per heavy atom. The van der Waals surface area contributed by atoms with Gasteiger partial charge in [-0.1, -0.05) is 17.7 Å². The van der Waals surface area contributed by atoms with Crippen molar-refractivity contribution in [2.45, 2.75) is 13.2 Å². The standard InChI is InChI=1S/C25H24ClF2N5O/c26-24-19(20(27)2-3-21(24)28)14-34-23-10-16(11-32-25(23)29)15-1-4-22-18(9-15)17(12-31-22)13-33-7-5-30-6-8-33/h1-4,9-12,30-31H,5-8,13-14H2,(H2,29,32). The van der Waals surface area contributed by atoms with Gasteiger partial charge in [-0.15, -0.1) is 0 Å². The van der Waals surface area contributed by atoms with E-state index in [9.17, 15) is 8.78 Å². The fraction of sp³-hybridized carbons (Fsp3) is 0.240. The second kappa shape index (κ2) is 9.58. The summed E-state index contributed by atoms with van der Waals surface area (Å²) in [4.78, 5) is 10.0. The van der Waals surface area contributed by atoms with Crippen LogP contribution >= 0.6 is 11.6 Å². The van der Waals surface area contributed by atoms with E-state index in [0.29, 0.717) is 0 Å². The summed E-state index contributed by atoms with van der Waals surface area (Å²) < 4.78 is 33.5. The molecule has 3 heterocycles. The number of nitrogens with zero attached hydrogens (tertiary/aromatic N) is 2. The van der Waals surface area contributed by atoms with Crippen molar-refractivity contribution in [2.24, 2.45) is 0 Å². The van der Waals surface area contributed by atoms with Crippen LogP contribution in [0.1, 0.15) is 11.1 Å². The van der Waals surface area contributed by atoms with Gasteiger partial charge < -0.3 is 20.8 Å². The van der Waals surface area contributed by atoms with Crippen LogP contribution in [0.25, 0.3) is 22.0 Å². The number of ether oxygens (including phenoxy) is 1. The minimum absolute atomic E-state index is 0.0715. The number of benzene rings is 2. The SMILES string of the molecule is Nc1ncc(-c2ccc3[nH]cc(CN4CCNCC4)c3c2)cc1OCc1c(F)ccc(F)c1Cl. The quantitative estimate of drug-likeness (QED) is 0.346. The average Bonchev–Trinajstić information content (AvgIpc) is 3.25. The van der Waals surface area contributed by atoms with Crippen LogP contribution < -0.4 is 15.8 Å². The van der Waals surface area contributed by atoms with Crippen LogP contribution in [-0.2, 0) is 13.2 Å². The molecule has 0 atom stereocenters. The van der Waals surface area contributed by atoms with Gasteiger partial charge in [-0.2, -0.15) is 0 Å². The van der Waals surface area contributed by atoms with Crippen LogP contribution in [0.2, 0.25) is 5.02 Å². The summed E-state index contributed by atoms with van der Waals surface area (Å²) in [6, 6.07) is 9.88. The molecular weight excluding hydrogens is 460 g/mol. The van der Waals surface area contributed by atoms with Crippen molar-refractivity contribution in [3.8, 4) is 16.9 Å². The Kier molecular flexibility index (Phi) is 6.36. The third-order valence-electron chi connectivity index (χ3n) is 6.10. The topological polar surface area (TPSA) is 79.2 Å². The Morgan fingerprint density at radius 1 is 1.06 bits per heavy atom. The summed E-state index contributed by atoms with van der Waals surface area (Å²) in [7, 11) is 0. The molecule has 4 aromatic rings. The van der Waals surface area contributed by atoms with Crippen molar-refractivity contribution < 1.29 is 13.5 Å². The van der Waals surface area contributed by atoms with E-state index in [1.54, 1.807) is 12.3 Å². The largest absolute Gasteiger partial charge is 0.485 e. The number of pyridine rings is 1. The van der Waals surface area contributed by atoms with Gasteiger partial charge in [0.1, 0.15) is 18.2 Å². The molecule has 0 saturated carbocycles. The van der Waals surface area contributed by atoms with Crippen molar-refractivity contribution in [3.05, 3.63) is 76.6 Å². The van der Waals surface area contributed by atoms with Gasteiger partial charge in [0, 0.05) is 67.1 Å². The maximum atomic E-state index is 14.1. The molecule has 1 saturated heterocycles. The number of nitrogen functional groups attached to an aromatic ring is 1. The van der Waals surface area contributed by atoms with Crippen LogP contribution in [-0.4, -0.2) is 41.0 Å². The fourth-order valence-electron chi connectivity index (χ4n) is 4.18. The molecule has 5 rings (SSSR count). The van der Waals surface area contributed by atoms with Gasteiger partial charge in [0.15, 0.2) is 11.6 Å². The molecule has 0 bridgehead atoms. The molecule has 2 aromatic heterocycles. The summed E-state index contributed by atoms with van der Waals surface area (Å²) in [5, 5.41) is 4.21. The predicted molar refractivity (Wildman–Crippen MR) is 130 cm³/mol. The first-order chi connectivity index (χ1) is 16.5. The third kappa shape index (κ3) is 4.57. The van der Waals surface area contributed by atoms with E-state index in [-0.39, 0.29) is 28.8 Å². The zero-order chi connectivity index (χ0) is 23.7. The molecule has 1 aliphatic heterocycles. The number of H-pyrrole nitrogens is 1. The van der Waals surface area contributed by atoms with Crippen molar-refractivity contribution in [1.82, 2.24) is 20.2 Å². The summed E-state index contributed by atoms with van der Waals surface area (Å²) in [6.07, 6.45) is 3.73. The number of halogens is 3. The number of hydrogen-bond acceptors (Lipinski definition) is 5. The van der Waals surface area contributed by atoms with Crippen molar-refractivity contribution in [3.63, 3.8) is 0 Å². The first kappa shape index (κ1) is 22.6. The molecule has 1 aliphatic rings. The first-order valence-corrected chi connectivity index (χ1v) is 11.4. The second-order valence-corrected chi connectivity index (χ2v) is 8.70. The van der Waals surface area contributed by atoms with E-state index in [0.717, 1.165) is 66.9 Å². The van der Waals surface area contributed by atoms with Crippen molar-refractivity contribution >= 4 is 28.3 Å². The minimum atomic E-state index is -0.710. The van der Waals surface area contributed by atoms with E-state index in [2.05, 4.69) is 32.4 Å². The van der Waals surface area contributed by atoms with Crippen LogP contribution in [0.5, 0.6) is 5.75 Å². The number of piperazine rings is 1. The number of nitrogens with one attached hydrogen (secondary N) is 2. The first-order valence-electron chi connectivity index (χ1n) is 11.0. The monoisotopic (exact) mass is 483 g/mol. The Labute approximate surface area is 200 Å². The molecule has 1 fully saturated rings. The highest BCUT2D eigenvalue weighted by molar-refractivity contribution is 6.31. The molecule has 0 unspecified atom stereocenters. The van der Waals surface area contributed by atoms with Crippen molar-refractivity contribution in [1.29, 1.82) is 0 Å². The number of rotatable bonds is 6. The van der Waals surface area contributed by atoms with Gasteiger partial charge in [-0.25, -0.2) is 13.8 Å². The van der Waals surface area contributed by atoms with E-state index in [1.165, 1.54) is 5.56 Å².